The van der Waals surface area contributed by atoms with Crippen LogP contribution in [0.15, 0.2) is 29.6 Å². The van der Waals surface area contributed by atoms with Crippen molar-refractivity contribution in [2.75, 3.05) is 31.9 Å². The molecule has 3 aromatic rings. The molecule has 9 nitrogen and oxygen atoms in total. The van der Waals surface area contributed by atoms with Gasteiger partial charge in [0, 0.05) is 26.0 Å². The molecule has 0 unspecified atom stereocenters. The van der Waals surface area contributed by atoms with E-state index in [1.165, 1.54) is 11.8 Å². The number of nitrogens with one attached hydrogen (secondary N) is 1. The maximum atomic E-state index is 12.5. The van der Waals surface area contributed by atoms with Crippen LogP contribution < -0.4 is 10.1 Å². The third-order valence-corrected chi connectivity index (χ3v) is 5.42. The summed E-state index contributed by atoms with van der Waals surface area (Å²) in [5.41, 5.74) is 3.73. The van der Waals surface area contributed by atoms with Crippen molar-refractivity contribution in [2.45, 2.75) is 25.5 Å². The van der Waals surface area contributed by atoms with Crippen LogP contribution in [-0.4, -0.2) is 57.0 Å². The van der Waals surface area contributed by atoms with Gasteiger partial charge >= 0.3 is 0 Å². The number of nitrogens with zero attached hydrogens (tertiary/aromatic N) is 5. The second kappa shape index (κ2) is 9.77. The first kappa shape index (κ1) is 21.8. The number of hydrogen-bond donors (Lipinski definition) is 1. The zero-order valence-corrected chi connectivity index (χ0v) is 18.6. The number of carbonyl (C=O) groups excluding carboxylic acids is 1. The highest BCUT2D eigenvalue weighted by Crippen LogP contribution is 2.30. The van der Waals surface area contributed by atoms with Gasteiger partial charge in [-0.25, -0.2) is 0 Å². The Kier molecular flexibility index (Phi) is 7.11. The van der Waals surface area contributed by atoms with E-state index in [0.717, 1.165) is 22.4 Å². The third-order valence-electron chi connectivity index (χ3n) is 4.45. The molecule has 0 aliphatic rings. The molecule has 0 fully saturated rings. The van der Waals surface area contributed by atoms with E-state index < -0.39 is 0 Å². The third kappa shape index (κ3) is 5.00. The summed E-state index contributed by atoms with van der Waals surface area (Å²) in [6, 6.07) is 5.93. The van der Waals surface area contributed by atoms with Crippen LogP contribution >= 0.6 is 11.8 Å². The Bertz CT molecular complexity index is 1030. The highest BCUT2D eigenvalue weighted by molar-refractivity contribution is 7.99. The molecule has 0 saturated heterocycles. The largest absolute Gasteiger partial charge is 0.479 e. The van der Waals surface area contributed by atoms with Gasteiger partial charge in [0.25, 0.3) is 0 Å². The Morgan fingerprint density at radius 1 is 1.23 bits per heavy atom. The lowest BCUT2D eigenvalue weighted by Gasteiger charge is -2.10. The van der Waals surface area contributed by atoms with Gasteiger partial charge in [-0.15, -0.1) is 15.3 Å². The first-order chi connectivity index (χ1) is 14.4. The van der Waals surface area contributed by atoms with Crippen LogP contribution in [0.3, 0.4) is 0 Å². The zero-order chi connectivity index (χ0) is 21.7. The maximum Gasteiger partial charge on any atom is 0.243 e. The summed E-state index contributed by atoms with van der Waals surface area (Å²) in [4.78, 5) is 12.5. The standard InChI is InChI=1S/C20H26N6O3S/c1-13-6-7-16(14(2)10-13)21-17(27)12-30-20-23-22-18(26(20)8-9-28-4)15-11-25(3)24-19(15)29-5/h6-7,10-11H,8-9,12H2,1-5H3,(H,21,27). The van der Waals surface area contributed by atoms with E-state index in [2.05, 4.69) is 20.6 Å². The van der Waals surface area contributed by atoms with Crippen molar-refractivity contribution < 1.29 is 14.3 Å². The Hall–Kier alpha value is -2.85. The average Bonchev–Trinajstić information content (AvgIpc) is 3.29. The SMILES string of the molecule is COCCn1c(SCC(=O)Nc2ccc(C)cc2C)nnc1-c1cn(C)nc1OC. The zero-order valence-electron chi connectivity index (χ0n) is 17.8. The van der Waals surface area contributed by atoms with Crippen LogP contribution in [0.5, 0.6) is 5.88 Å². The highest BCUT2D eigenvalue weighted by Gasteiger charge is 2.21. The minimum atomic E-state index is -0.103. The summed E-state index contributed by atoms with van der Waals surface area (Å²) in [6.07, 6.45) is 1.83. The highest BCUT2D eigenvalue weighted by atomic mass is 32.2. The van der Waals surface area contributed by atoms with Gasteiger partial charge in [-0.1, -0.05) is 29.5 Å². The molecule has 0 spiro atoms. The lowest BCUT2D eigenvalue weighted by atomic mass is 10.1. The van der Waals surface area contributed by atoms with Crippen molar-refractivity contribution >= 4 is 23.4 Å². The van der Waals surface area contributed by atoms with Crippen molar-refractivity contribution in [2.24, 2.45) is 7.05 Å². The number of anilines is 1. The molecule has 1 N–H and O–H groups in total. The van der Waals surface area contributed by atoms with Gasteiger partial charge in [0.15, 0.2) is 11.0 Å². The van der Waals surface area contributed by atoms with E-state index in [0.29, 0.717) is 30.0 Å². The molecule has 1 aromatic carbocycles. The molecule has 3 rings (SSSR count). The minimum absolute atomic E-state index is 0.103. The molecule has 160 valence electrons. The lowest BCUT2D eigenvalue weighted by molar-refractivity contribution is -0.113. The molecule has 30 heavy (non-hydrogen) atoms. The summed E-state index contributed by atoms with van der Waals surface area (Å²) in [7, 11) is 5.02. The quantitative estimate of drug-likeness (QED) is 0.521. The Balaban J connectivity index is 1.76. The Morgan fingerprint density at radius 3 is 2.73 bits per heavy atom. The molecule has 0 saturated carbocycles. The summed E-state index contributed by atoms with van der Waals surface area (Å²) in [5.74, 6) is 1.19. The topological polar surface area (TPSA) is 96.1 Å². The van der Waals surface area contributed by atoms with Crippen molar-refractivity contribution in [3.63, 3.8) is 0 Å². The molecule has 0 radical (unpaired) electrons. The molecule has 0 aliphatic carbocycles. The number of aryl methyl sites for hydroxylation is 3. The van der Waals surface area contributed by atoms with Gasteiger partial charge in [-0.2, -0.15) is 0 Å². The van der Waals surface area contributed by atoms with Crippen molar-refractivity contribution in [3.05, 3.63) is 35.5 Å². The number of benzene rings is 1. The van der Waals surface area contributed by atoms with Gasteiger partial charge in [0.05, 0.1) is 26.0 Å². The molecule has 2 aromatic heterocycles. The number of thioether (sulfide) groups is 1. The smallest absolute Gasteiger partial charge is 0.243 e. The Labute approximate surface area is 179 Å². The molecular weight excluding hydrogens is 404 g/mol. The summed E-state index contributed by atoms with van der Waals surface area (Å²) >= 11 is 1.32. The van der Waals surface area contributed by atoms with Crippen molar-refractivity contribution in [3.8, 4) is 17.3 Å². The minimum Gasteiger partial charge on any atom is -0.479 e. The predicted octanol–water partition coefficient (Wildman–Crippen LogP) is 2.68. The average molecular weight is 431 g/mol. The normalized spacial score (nSPS) is 11.0. The fourth-order valence-corrected chi connectivity index (χ4v) is 3.79. The number of aromatic nitrogens is 5. The molecule has 2 heterocycles. The fourth-order valence-electron chi connectivity index (χ4n) is 3.02. The summed E-state index contributed by atoms with van der Waals surface area (Å²) in [5, 5.41) is 16.5. The number of amides is 1. The number of hydrogen-bond acceptors (Lipinski definition) is 7. The molecule has 0 bridgehead atoms. The molecule has 10 heteroatoms. The van der Waals surface area contributed by atoms with Crippen molar-refractivity contribution in [1.29, 1.82) is 0 Å². The van der Waals surface area contributed by atoms with Crippen LogP contribution in [0.4, 0.5) is 5.69 Å². The first-order valence-corrected chi connectivity index (χ1v) is 10.4. The Morgan fingerprint density at radius 2 is 2.03 bits per heavy atom. The van der Waals surface area contributed by atoms with Gasteiger partial charge < -0.3 is 14.8 Å². The second-order valence-electron chi connectivity index (χ2n) is 6.83. The summed E-state index contributed by atoms with van der Waals surface area (Å²) in [6.45, 7) is 5.02. The fraction of sp³-hybridized carbons (Fsp3) is 0.400. The predicted molar refractivity (Wildman–Crippen MR) is 116 cm³/mol. The van der Waals surface area contributed by atoms with E-state index in [1.807, 2.05) is 49.9 Å². The van der Waals surface area contributed by atoms with E-state index in [9.17, 15) is 4.79 Å². The van der Waals surface area contributed by atoms with Gasteiger partial charge in [-0.3, -0.25) is 14.0 Å². The molecule has 0 aliphatic heterocycles. The monoisotopic (exact) mass is 430 g/mol. The van der Waals surface area contributed by atoms with E-state index in [4.69, 9.17) is 9.47 Å². The molecular formula is C20H26N6O3S. The van der Waals surface area contributed by atoms with Crippen LogP contribution in [0, 0.1) is 13.8 Å². The maximum absolute atomic E-state index is 12.5. The van der Waals surface area contributed by atoms with Crippen LogP contribution in [0.1, 0.15) is 11.1 Å². The van der Waals surface area contributed by atoms with Crippen LogP contribution in [0.25, 0.3) is 11.4 Å². The molecule has 1 amide bonds. The van der Waals surface area contributed by atoms with Gasteiger partial charge in [0.1, 0.15) is 5.56 Å². The van der Waals surface area contributed by atoms with Gasteiger partial charge in [-0.05, 0) is 25.5 Å². The van der Waals surface area contributed by atoms with Gasteiger partial charge in [0.2, 0.25) is 11.8 Å². The number of carbonyl (C=O) groups is 1. The number of ether oxygens (including phenoxy) is 2. The summed E-state index contributed by atoms with van der Waals surface area (Å²) < 4.78 is 14.2. The first-order valence-electron chi connectivity index (χ1n) is 9.43. The van der Waals surface area contributed by atoms with E-state index in [-0.39, 0.29) is 11.7 Å². The van der Waals surface area contributed by atoms with Crippen LogP contribution in [0.2, 0.25) is 0 Å². The lowest BCUT2D eigenvalue weighted by Crippen LogP contribution is -2.16. The van der Waals surface area contributed by atoms with Crippen LogP contribution in [-0.2, 0) is 23.1 Å². The number of rotatable bonds is 9. The van der Waals surface area contributed by atoms with E-state index in [1.54, 1.807) is 18.9 Å². The second-order valence-corrected chi connectivity index (χ2v) is 7.77. The van der Waals surface area contributed by atoms with Crippen molar-refractivity contribution in [1.82, 2.24) is 24.5 Å². The van der Waals surface area contributed by atoms with E-state index >= 15 is 0 Å². The molecule has 0 atom stereocenters. The number of methoxy groups -OCH3 is 2.